The lowest BCUT2D eigenvalue weighted by atomic mass is 9.89. The first-order valence-corrected chi connectivity index (χ1v) is 9.14. The van der Waals surface area contributed by atoms with E-state index in [1.807, 2.05) is 6.92 Å². The Labute approximate surface area is 165 Å². The van der Waals surface area contributed by atoms with Crippen molar-refractivity contribution >= 4 is 10.8 Å². The zero-order chi connectivity index (χ0) is 20.4. The summed E-state index contributed by atoms with van der Waals surface area (Å²) in [6.07, 6.45) is 0.723. The average molecular weight is 392 g/mol. The molecule has 7 nitrogen and oxygen atoms in total. The van der Waals surface area contributed by atoms with E-state index in [1.54, 1.807) is 35.5 Å². The molecule has 1 aliphatic rings. The molecule has 3 rings (SSSR count). The minimum absolute atomic E-state index is 0.0909. The standard InChI is InChI=1S/C21H28O7/c1-11-8-13-9-14-16(18(27-10-22-3)15(13)12(2)28-11)19(24-5)21(26-7)20(25-6)17(14)23-4/h9,11-12H,8,10H2,1-7H3/t11-,12+/m0/s1. The molecule has 28 heavy (non-hydrogen) atoms. The Morgan fingerprint density at radius 2 is 1.46 bits per heavy atom. The highest BCUT2D eigenvalue weighted by Gasteiger charge is 2.32. The van der Waals surface area contributed by atoms with Crippen molar-refractivity contribution in [2.45, 2.75) is 32.5 Å². The van der Waals surface area contributed by atoms with Crippen LogP contribution in [-0.4, -0.2) is 48.4 Å². The molecule has 1 heterocycles. The van der Waals surface area contributed by atoms with Gasteiger partial charge >= 0.3 is 0 Å². The van der Waals surface area contributed by atoms with E-state index in [1.165, 1.54) is 0 Å². The van der Waals surface area contributed by atoms with E-state index in [2.05, 4.69) is 13.0 Å². The maximum absolute atomic E-state index is 6.06. The van der Waals surface area contributed by atoms with Gasteiger partial charge in [-0.25, -0.2) is 0 Å². The Morgan fingerprint density at radius 1 is 0.857 bits per heavy atom. The van der Waals surface area contributed by atoms with Crippen LogP contribution >= 0.6 is 0 Å². The zero-order valence-corrected chi connectivity index (χ0v) is 17.5. The number of benzene rings is 2. The summed E-state index contributed by atoms with van der Waals surface area (Å²) in [5.74, 6) is 2.63. The van der Waals surface area contributed by atoms with Crippen molar-refractivity contribution in [2.24, 2.45) is 0 Å². The molecular formula is C21H28O7. The minimum Gasteiger partial charge on any atom is -0.492 e. The molecule has 0 bridgehead atoms. The van der Waals surface area contributed by atoms with Gasteiger partial charge in [-0.3, -0.25) is 0 Å². The van der Waals surface area contributed by atoms with Crippen LogP contribution in [0.25, 0.3) is 10.8 Å². The predicted molar refractivity (Wildman–Crippen MR) is 105 cm³/mol. The molecular weight excluding hydrogens is 364 g/mol. The van der Waals surface area contributed by atoms with E-state index in [0.717, 1.165) is 28.3 Å². The molecule has 0 saturated heterocycles. The second kappa shape index (κ2) is 8.32. The van der Waals surface area contributed by atoms with Gasteiger partial charge in [0.2, 0.25) is 11.5 Å². The molecule has 0 saturated carbocycles. The highest BCUT2D eigenvalue weighted by molar-refractivity contribution is 6.04. The van der Waals surface area contributed by atoms with E-state index in [9.17, 15) is 0 Å². The van der Waals surface area contributed by atoms with Crippen LogP contribution in [0.1, 0.15) is 31.1 Å². The lowest BCUT2D eigenvalue weighted by Gasteiger charge is -2.31. The van der Waals surface area contributed by atoms with E-state index in [0.29, 0.717) is 28.7 Å². The average Bonchev–Trinajstić information content (AvgIpc) is 2.68. The summed E-state index contributed by atoms with van der Waals surface area (Å²) in [5, 5.41) is 1.56. The fraction of sp³-hybridized carbons (Fsp3) is 0.524. The highest BCUT2D eigenvalue weighted by atomic mass is 16.7. The fourth-order valence-electron chi connectivity index (χ4n) is 4.00. The SMILES string of the molecule is COCOc1c2c(cc3c(OC)c(OC)c(OC)c(OC)c13)C[C@H](C)O[C@@H]2C. The topological polar surface area (TPSA) is 64.6 Å². The zero-order valence-electron chi connectivity index (χ0n) is 17.5. The minimum atomic E-state index is -0.140. The highest BCUT2D eigenvalue weighted by Crippen LogP contribution is 2.56. The van der Waals surface area contributed by atoms with Gasteiger partial charge in [-0.1, -0.05) is 0 Å². The molecule has 0 amide bonds. The molecule has 0 aliphatic carbocycles. The molecule has 7 heteroatoms. The molecule has 1 aliphatic heterocycles. The van der Waals surface area contributed by atoms with E-state index in [-0.39, 0.29) is 19.0 Å². The summed E-state index contributed by atoms with van der Waals surface area (Å²) in [6.45, 7) is 4.17. The van der Waals surface area contributed by atoms with Crippen LogP contribution in [0.2, 0.25) is 0 Å². The second-order valence-corrected chi connectivity index (χ2v) is 6.68. The van der Waals surface area contributed by atoms with Crippen LogP contribution in [0.15, 0.2) is 6.07 Å². The maximum atomic E-state index is 6.06. The molecule has 0 fully saturated rings. The fourth-order valence-corrected chi connectivity index (χ4v) is 4.00. The van der Waals surface area contributed by atoms with Gasteiger partial charge < -0.3 is 33.2 Å². The van der Waals surface area contributed by atoms with Crippen molar-refractivity contribution < 1.29 is 33.2 Å². The van der Waals surface area contributed by atoms with Gasteiger partial charge in [0.1, 0.15) is 5.75 Å². The first-order chi connectivity index (χ1) is 13.5. The largest absolute Gasteiger partial charge is 0.492 e. The Morgan fingerprint density at radius 3 is 2.04 bits per heavy atom. The molecule has 0 N–H and O–H groups in total. The van der Waals surface area contributed by atoms with Gasteiger partial charge in [0, 0.05) is 18.1 Å². The summed E-state index contributed by atoms with van der Waals surface area (Å²) in [5.41, 5.74) is 2.12. The van der Waals surface area contributed by atoms with Crippen LogP contribution in [0, 0.1) is 0 Å². The molecule has 2 aromatic rings. The van der Waals surface area contributed by atoms with Crippen LogP contribution in [0.5, 0.6) is 28.7 Å². The van der Waals surface area contributed by atoms with Crippen molar-refractivity contribution in [2.75, 3.05) is 42.3 Å². The number of ether oxygens (including phenoxy) is 7. The third-order valence-electron chi connectivity index (χ3n) is 4.98. The summed E-state index contributed by atoms with van der Waals surface area (Å²) in [7, 11) is 7.91. The van der Waals surface area contributed by atoms with Crippen molar-refractivity contribution in [1.82, 2.24) is 0 Å². The smallest absolute Gasteiger partial charge is 0.208 e. The molecule has 0 aromatic heterocycles. The van der Waals surface area contributed by atoms with Crippen molar-refractivity contribution in [3.8, 4) is 28.7 Å². The summed E-state index contributed by atoms with van der Waals surface area (Å²) < 4.78 is 40.0. The van der Waals surface area contributed by atoms with E-state index in [4.69, 9.17) is 33.2 Å². The third kappa shape index (κ3) is 3.18. The van der Waals surface area contributed by atoms with Gasteiger partial charge in [-0.2, -0.15) is 0 Å². The number of methoxy groups -OCH3 is 5. The van der Waals surface area contributed by atoms with Crippen LogP contribution < -0.4 is 23.7 Å². The van der Waals surface area contributed by atoms with Crippen LogP contribution in [-0.2, 0) is 15.9 Å². The maximum Gasteiger partial charge on any atom is 0.208 e. The Kier molecular flexibility index (Phi) is 6.05. The second-order valence-electron chi connectivity index (χ2n) is 6.68. The lowest BCUT2D eigenvalue weighted by molar-refractivity contribution is -0.00931. The van der Waals surface area contributed by atoms with Gasteiger partial charge in [-0.05, 0) is 31.9 Å². The monoisotopic (exact) mass is 392 g/mol. The summed E-state index contributed by atoms with van der Waals surface area (Å²) in [6, 6.07) is 2.10. The Balaban J connectivity index is 2.49. The van der Waals surface area contributed by atoms with Crippen molar-refractivity contribution in [3.05, 3.63) is 17.2 Å². The first-order valence-electron chi connectivity index (χ1n) is 9.14. The molecule has 0 unspecified atom stereocenters. The molecule has 0 spiro atoms. The quantitative estimate of drug-likeness (QED) is 0.663. The van der Waals surface area contributed by atoms with Gasteiger partial charge in [-0.15, -0.1) is 0 Å². The first kappa shape index (κ1) is 20.4. The summed E-state index contributed by atoms with van der Waals surface area (Å²) in [4.78, 5) is 0. The van der Waals surface area contributed by atoms with E-state index >= 15 is 0 Å². The van der Waals surface area contributed by atoms with Gasteiger partial charge in [0.15, 0.2) is 18.3 Å². The molecule has 2 atom stereocenters. The molecule has 0 radical (unpaired) electrons. The third-order valence-corrected chi connectivity index (χ3v) is 4.98. The van der Waals surface area contributed by atoms with Crippen molar-refractivity contribution in [1.29, 1.82) is 0 Å². The molecule has 2 aromatic carbocycles. The Bertz CT molecular complexity index is 862. The molecule has 154 valence electrons. The van der Waals surface area contributed by atoms with E-state index < -0.39 is 0 Å². The van der Waals surface area contributed by atoms with Gasteiger partial charge in [0.05, 0.1) is 46.0 Å². The van der Waals surface area contributed by atoms with Crippen LogP contribution in [0.4, 0.5) is 0 Å². The van der Waals surface area contributed by atoms with Crippen molar-refractivity contribution in [3.63, 3.8) is 0 Å². The number of hydrogen-bond acceptors (Lipinski definition) is 7. The Hall–Kier alpha value is -2.38. The number of fused-ring (bicyclic) bond motifs is 2. The number of hydrogen-bond donors (Lipinski definition) is 0. The van der Waals surface area contributed by atoms with Crippen LogP contribution in [0.3, 0.4) is 0 Å². The normalized spacial score (nSPS) is 18.5. The van der Waals surface area contributed by atoms with Gasteiger partial charge in [0.25, 0.3) is 0 Å². The predicted octanol–water partition coefficient (Wildman–Crippen LogP) is 3.88. The lowest BCUT2D eigenvalue weighted by Crippen LogP contribution is -2.23. The number of rotatable bonds is 7. The summed E-state index contributed by atoms with van der Waals surface area (Å²) >= 11 is 0.